The van der Waals surface area contributed by atoms with Crippen LogP contribution in [-0.2, 0) is 0 Å². The quantitative estimate of drug-likeness (QED) is 0.337. The highest BCUT2D eigenvalue weighted by molar-refractivity contribution is 6.08. The topological polar surface area (TPSA) is 30.0 Å². The molecule has 0 fully saturated rings. The minimum atomic E-state index is -0.296. The normalized spacial score (nSPS) is 8.73. The second-order valence-electron chi connectivity index (χ2n) is 2.16. The number of terminal acetylenes is 1. The molecule has 1 aromatic rings. The second kappa shape index (κ2) is 2.98. The summed E-state index contributed by atoms with van der Waals surface area (Å²) in [5.41, 5.74) is 1.33. The number of carbonyl (C=O) groups excluding carboxylic acids is 1. The van der Waals surface area contributed by atoms with Crippen molar-refractivity contribution < 1.29 is 4.79 Å². The molecule has 0 amide bonds. The number of aryl methyl sites for hydroxylation is 1. The molecule has 0 aromatic carbocycles. The maximum absolute atomic E-state index is 10.9. The highest BCUT2D eigenvalue weighted by atomic mass is 16.1. The first kappa shape index (κ1) is 7.49. The van der Waals surface area contributed by atoms with Gasteiger partial charge in [-0.25, -0.2) is 0 Å². The second-order valence-corrected chi connectivity index (χ2v) is 2.16. The van der Waals surface area contributed by atoms with E-state index >= 15 is 0 Å². The number of hydrogen-bond donors (Lipinski definition) is 0. The van der Waals surface area contributed by atoms with Crippen LogP contribution in [0.4, 0.5) is 0 Å². The van der Waals surface area contributed by atoms with Crippen LogP contribution < -0.4 is 0 Å². The van der Waals surface area contributed by atoms with Gasteiger partial charge in [-0.15, -0.1) is 6.42 Å². The summed E-state index contributed by atoms with van der Waals surface area (Å²) in [6, 6.07) is 3.28. The summed E-state index contributed by atoms with van der Waals surface area (Å²) in [6.07, 6.45) is 6.50. The summed E-state index contributed by atoms with van der Waals surface area (Å²) in [5, 5.41) is 0. The summed E-state index contributed by atoms with van der Waals surface area (Å²) < 4.78 is 0. The molecule has 1 heterocycles. The largest absolute Gasteiger partial charge is 0.279 e. The van der Waals surface area contributed by atoms with Crippen LogP contribution in [0.15, 0.2) is 18.3 Å². The van der Waals surface area contributed by atoms with E-state index in [1.165, 1.54) is 0 Å². The number of ketones is 1. The molecule has 2 heteroatoms. The predicted molar refractivity (Wildman–Crippen MR) is 42.1 cm³/mol. The van der Waals surface area contributed by atoms with E-state index in [9.17, 15) is 4.79 Å². The van der Waals surface area contributed by atoms with E-state index < -0.39 is 0 Å². The van der Waals surface area contributed by atoms with Gasteiger partial charge in [-0.2, -0.15) is 0 Å². The highest BCUT2D eigenvalue weighted by Crippen LogP contribution is 2.00. The molecule has 0 N–H and O–H groups in total. The van der Waals surface area contributed by atoms with Crippen LogP contribution in [0.3, 0.4) is 0 Å². The van der Waals surface area contributed by atoms with Gasteiger partial charge >= 0.3 is 0 Å². The molecule has 1 aromatic heterocycles. The third-order valence-electron chi connectivity index (χ3n) is 1.29. The zero-order valence-electron chi connectivity index (χ0n) is 6.16. The minimum Gasteiger partial charge on any atom is -0.279 e. The molecular formula is C9H7NO. The van der Waals surface area contributed by atoms with E-state index in [1.54, 1.807) is 18.3 Å². The Balaban J connectivity index is 3.08. The van der Waals surface area contributed by atoms with Crippen molar-refractivity contribution in [1.29, 1.82) is 0 Å². The summed E-state index contributed by atoms with van der Waals surface area (Å²) >= 11 is 0. The maximum atomic E-state index is 10.9. The maximum Gasteiger partial charge on any atom is 0.235 e. The molecule has 0 aliphatic rings. The van der Waals surface area contributed by atoms with Crippen LogP contribution in [0.1, 0.15) is 16.1 Å². The average Bonchev–Trinajstić information content (AvgIpc) is 2.03. The Kier molecular flexibility index (Phi) is 2.03. The summed E-state index contributed by atoms with van der Waals surface area (Å²) in [7, 11) is 0. The van der Waals surface area contributed by atoms with Crippen molar-refractivity contribution in [2.45, 2.75) is 6.92 Å². The Morgan fingerprint density at radius 3 is 3.00 bits per heavy atom. The van der Waals surface area contributed by atoms with E-state index in [-0.39, 0.29) is 5.78 Å². The van der Waals surface area contributed by atoms with E-state index in [0.717, 1.165) is 5.69 Å². The molecule has 0 saturated heterocycles. The smallest absolute Gasteiger partial charge is 0.235 e. The van der Waals surface area contributed by atoms with Crippen molar-refractivity contribution in [3.05, 3.63) is 29.6 Å². The zero-order valence-corrected chi connectivity index (χ0v) is 6.16. The van der Waals surface area contributed by atoms with E-state index in [0.29, 0.717) is 5.56 Å². The van der Waals surface area contributed by atoms with Gasteiger partial charge in [0.05, 0.1) is 0 Å². The van der Waals surface area contributed by atoms with Crippen molar-refractivity contribution in [3.8, 4) is 12.3 Å². The molecule has 0 atom stereocenters. The van der Waals surface area contributed by atoms with Gasteiger partial charge in [-0.1, -0.05) is 0 Å². The van der Waals surface area contributed by atoms with Crippen LogP contribution in [0, 0.1) is 19.3 Å². The average molecular weight is 145 g/mol. The van der Waals surface area contributed by atoms with Gasteiger partial charge in [-0.3, -0.25) is 9.78 Å². The fraction of sp³-hybridized carbons (Fsp3) is 0.111. The first-order valence-electron chi connectivity index (χ1n) is 3.17. The SMILES string of the molecule is C#CC(=O)c1ccnc(C)c1. The summed E-state index contributed by atoms with van der Waals surface area (Å²) in [5.74, 6) is 1.75. The number of carbonyl (C=O) groups is 1. The van der Waals surface area contributed by atoms with Crippen molar-refractivity contribution in [1.82, 2.24) is 4.98 Å². The molecular weight excluding hydrogens is 138 g/mol. The third-order valence-corrected chi connectivity index (χ3v) is 1.29. The lowest BCUT2D eigenvalue weighted by atomic mass is 10.1. The first-order valence-corrected chi connectivity index (χ1v) is 3.17. The summed E-state index contributed by atoms with van der Waals surface area (Å²) in [6.45, 7) is 1.81. The van der Waals surface area contributed by atoms with Gasteiger partial charge in [0.15, 0.2) is 0 Å². The van der Waals surface area contributed by atoms with Crippen LogP contribution in [0.25, 0.3) is 0 Å². The minimum absolute atomic E-state index is 0.296. The molecule has 0 saturated carbocycles. The van der Waals surface area contributed by atoms with Crippen LogP contribution in [0.5, 0.6) is 0 Å². The van der Waals surface area contributed by atoms with Crippen molar-refractivity contribution in [3.63, 3.8) is 0 Å². The monoisotopic (exact) mass is 145 g/mol. The lowest BCUT2D eigenvalue weighted by molar-refractivity contribution is 0.105. The molecule has 0 spiro atoms. The molecule has 0 aliphatic carbocycles. The Hall–Kier alpha value is -1.62. The van der Waals surface area contributed by atoms with Crippen molar-refractivity contribution >= 4 is 5.78 Å². The van der Waals surface area contributed by atoms with Crippen LogP contribution in [0.2, 0.25) is 0 Å². The molecule has 0 bridgehead atoms. The zero-order chi connectivity index (χ0) is 8.27. The van der Waals surface area contributed by atoms with Gasteiger partial charge in [0.2, 0.25) is 5.78 Å². The van der Waals surface area contributed by atoms with Gasteiger partial charge < -0.3 is 0 Å². The molecule has 0 unspecified atom stereocenters. The number of hydrogen-bond acceptors (Lipinski definition) is 2. The molecule has 1 rings (SSSR count). The van der Waals surface area contributed by atoms with Gasteiger partial charge in [0.1, 0.15) is 0 Å². The first-order chi connectivity index (χ1) is 5.24. The number of nitrogens with zero attached hydrogens (tertiary/aromatic N) is 1. The van der Waals surface area contributed by atoms with Gasteiger partial charge in [0, 0.05) is 17.5 Å². The lowest BCUT2D eigenvalue weighted by Gasteiger charge is -1.93. The molecule has 0 radical (unpaired) electrons. The molecule has 54 valence electrons. The number of aromatic nitrogens is 1. The number of pyridine rings is 1. The lowest BCUT2D eigenvalue weighted by Crippen LogP contribution is -1.95. The number of rotatable bonds is 1. The van der Waals surface area contributed by atoms with E-state index in [1.807, 2.05) is 12.8 Å². The van der Waals surface area contributed by atoms with Crippen LogP contribution >= 0.6 is 0 Å². The highest BCUT2D eigenvalue weighted by Gasteiger charge is 2.00. The fourth-order valence-corrected chi connectivity index (χ4v) is 0.770. The van der Waals surface area contributed by atoms with Gasteiger partial charge in [0.25, 0.3) is 0 Å². The predicted octanol–water partition coefficient (Wildman–Crippen LogP) is 1.21. The van der Waals surface area contributed by atoms with Crippen LogP contribution in [-0.4, -0.2) is 10.8 Å². The Morgan fingerprint density at radius 2 is 2.45 bits per heavy atom. The fourth-order valence-electron chi connectivity index (χ4n) is 0.770. The standard InChI is InChI=1S/C9H7NO/c1-3-9(11)8-4-5-10-7(2)6-8/h1,4-6H,2H3. The Bertz CT molecular complexity index is 323. The van der Waals surface area contributed by atoms with Crippen molar-refractivity contribution in [2.24, 2.45) is 0 Å². The summed E-state index contributed by atoms with van der Waals surface area (Å²) in [4.78, 5) is 14.8. The Labute approximate surface area is 65.3 Å². The number of Topliss-reactive ketones (excluding diaryl/α,β-unsaturated/α-hetero) is 1. The van der Waals surface area contributed by atoms with Gasteiger partial charge in [-0.05, 0) is 25.0 Å². The van der Waals surface area contributed by atoms with Crippen molar-refractivity contribution in [2.75, 3.05) is 0 Å². The molecule has 11 heavy (non-hydrogen) atoms. The van der Waals surface area contributed by atoms with E-state index in [2.05, 4.69) is 4.98 Å². The van der Waals surface area contributed by atoms with E-state index in [4.69, 9.17) is 6.42 Å². The molecule has 0 aliphatic heterocycles. The molecule has 2 nitrogen and oxygen atoms in total. The Morgan fingerprint density at radius 1 is 1.73 bits per heavy atom. The third kappa shape index (κ3) is 1.65.